The van der Waals surface area contributed by atoms with Crippen LogP contribution < -0.4 is 16.2 Å². The number of carbonyl (C=O) groups excluding carboxylic acids is 2. The van der Waals surface area contributed by atoms with Gasteiger partial charge in [-0.2, -0.15) is 5.10 Å². The van der Waals surface area contributed by atoms with E-state index in [1.165, 1.54) is 24.5 Å². The number of anilines is 2. The van der Waals surface area contributed by atoms with Crippen LogP contribution in [0.3, 0.4) is 0 Å². The number of amides is 2. The minimum Gasteiger partial charge on any atom is -0.463 e. The number of furan rings is 1. The largest absolute Gasteiger partial charge is 0.463 e. The molecule has 0 unspecified atom stereocenters. The van der Waals surface area contributed by atoms with E-state index >= 15 is 0 Å². The fourth-order valence-electron chi connectivity index (χ4n) is 2.92. The van der Waals surface area contributed by atoms with Crippen LogP contribution in [0.5, 0.6) is 0 Å². The van der Waals surface area contributed by atoms with Crippen LogP contribution in [-0.2, 0) is 16.1 Å². The van der Waals surface area contributed by atoms with Gasteiger partial charge >= 0.3 is 0 Å². The fraction of sp³-hybridized carbons (Fsp3) is 0.150. The van der Waals surface area contributed by atoms with Crippen molar-refractivity contribution in [3.8, 4) is 11.5 Å². The molecule has 0 radical (unpaired) electrons. The summed E-state index contributed by atoms with van der Waals surface area (Å²) in [5.41, 5.74) is 1.42. The molecular weight excluding hydrogens is 406 g/mol. The summed E-state index contributed by atoms with van der Waals surface area (Å²) in [6.07, 6.45) is 1.52. The van der Waals surface area contributed by atoms with Gasteiger partial charge in [0.15, 0.2) is 11.3 Å². The molecule has 0 saturated carbocycles. The molecule has 0 spiro atoms. The van der Waals surface area contributed by atoms with Crippen LogP contribution in [0.4, 0.5) is 11.4 Å². The Morgan fingerprint density at radius 3 is 2.47 bits per heavy atom. The molecule has 0 bridgehead atoms. The minimum atomic E-state index is -0.444. The van der Waals surface area contributed by atoms with Gasteiger partial charge < -0.3 is 15.1 Å². The smallest absolute Gasteiger partial charge is 0.294 e. The summed E-state index contributed by atoms with van der Waals surface area (Å²) in [6, 6.07) is 10.1. The molecule has 0 aliphatic heterocycles. The predicted octanol–water partition coefficient (Wildman–Crippen LogP) is 3.02. The average molecular weight is 423 g/mol. The number of benzene rings is 1. The highest BCUT2D eigenvalue weighted by molar-refractivity contribution is 7.19. The van der Waals surface area contributed by atoms with Crippen molar-refractivity contribution in [2.45, 2.75) is 20.4 Å². The maximum atomic E-state index is 12.8. The molecule has 0 saturated heterocycles. The normalized spacial score (nSPS) is 10.9. The van der Waals surface area contributed by atoms with Crippen LogP contribution in [0.1, 0.15) is 11.9 Å². The van der Waals surface area contributed by atoms with E-state index in [-0.39, 0.29) is 18.0 Å². The third-order valence-corrected chi connectivity index (χ3v) is 5.12. The molecule has 3 heterocycles. The number of nitrogens with zero attached hydrogens (tertiary/aromatic N) is 3. The predicted molar refractivity (Wildman–Crippen MR) is 113 cm³/mol. The second-order valence-corrected chi connectivity index (χ2v) is 7.71. The van der Waals surface area contributed by atoms with Crippen molar-refractivity contribution in [3.63, 3.8) is 0 Å². The van der Waals surface area contributed by atoms with Gasteiger partial charge in [-0.25, -0.2) is 9.67 Å². The highest BCUT2D eigenvalue weighted by atomic mass is 32.1. The summed E-state index contributed by atoms with van der Waals surface area (Å²) in [7, 11) is 0. The number of nitrogens with one attached hydrogen (secondary N) is 2. The Bertz CT molecular complexity index is 1290. The lowest BCUT2D eigenvalue weighted by molar-refractivity contribution is -0.117. The van der Waals surface area contributed by atoms with Crippen LogP contribution in [0.25, 0.3) is 21.7 Å². The molecule has 30 heavy (non-hydrogen) atoms. The lowest BCUT2D eigenvalue weighted by Crippen LogP contribution is -2.30. The van der Waals surface area contributed by atoms with Gasteiger partial charge in [0, 0.05) is 18.3 Å². The summed E-state index contributed by atoms with van der Waals surface area (Å²) in [5, 5.41) is 10.4. The standard InChI is InChI=1S/C20H17N5O4S/c1-11(26)21-13-5-7-14(8-6-13)23-16(27)10-25-20(28)18-19(30-12(2)22-18)17(24-25)15-4-3-9-29-15/h3-9H,10H2,1-2H3,(H,21,26)(H,23,27). The quantitative estimate of drug-likeness (QED) is 0.509. The van der Waals surface area contributed by atoms with Crippen molar-refractivity contribution in [1.29, 1.82) is 0 Å². The van der Waals surface area contributed by atoms with E-state index in [1.807, 2.05) is 0 Å². The van der Waals surface area contributed by atoms with Gasteiger partial charge in [0.1, 0.15) is 12.2 Å². The van der Waals surface area contributed by atoms with Gasteiger partial charge in [-0.1, -0.05) is 0 Å². The van der Waals surface area contributed by atoms with Gasteiger partial charge in [-0.15, -0.1) is 11.3 Å². The van der Waals surface area contributed by atoms with Crippen LogP contribution in [-0.4, -0.2) is 26.6 Å². The molecule has 2 amide bonds. The molecule has 0 fully saturated rings. The van der Waals surface area contributed by atoms with Crippen molar-refractivity contribution in [3.05, 3.63) is 58.0 Å². The zero-order valence-electron chi connectivity index (χ0n) is 16.1. The average Bonchev–Trinajstić information content (AvgIpc) is 3.35. The van der Waals surface area contributed by atoms with Crippen LogP contribution >= 0.6 is 11.3 Å². The Hall–Kier alpha value is -3.79. The maximum absolute atomic E-state index is 12.8. The summed E-state index contributed by atoms with van der Waals surface area (Å²) in [6.45, 7) is 2.93. The van der Waals surface area contributed by atoms with Crippen molar-refractivity contribution in [2.75, 3.05) is 10.6 Å². The summed E-state index contributed by atoms with van der Waals surface area (Å²) < 4.78 is 7.15. The molecule has 1 aromatic carbocycles. The molecule has 3 aromatic heterocycles. The van der Waals surface area contributed by atoms with E-state index in [1.54, 1.807) is 43.3 Å². The number of fused-ring (bicyclic) bond motifs is 1. The van der Waals surface area contributed by atoms with Crippen LogP contribution in [0, 0.1) is 6.92 Å². The highest BCUT2D eigenvalue weighted by Gasteiger charge is 2.19. The SMILES string of the molecule is CC(=O)Nc1ccc(NC(=O)Cn2nc(-c3ccco3)c3sc(C)nc3c2=O)cc1. The van der Waals surface area contributed by atoms with Gasteiger partial charge in [-0.05, 0) is 43.3 Å². The third-order valence-electron chi connectivity index (χ3n) is 4.14. The second-order valence-electron chi connectivity index (χ2n) is 6.51. The number of hydrogen-bond donors (Lipinski definition) is 2. The Kier molecular flexibility index (Phi) is 5.15. The minimum absolute atomic E-state index is 0.183. The molecule has 152 valence electrons. The van der Waals surface area contributed by atoms with E-state index in [0.717, 1.165) is 9.69 Å². The van der Waals surface area contributed by atoms with Crippen molar-refractivity contribution in [1.82, 2.24) is 14.8 Å². The molecule has 2 N–H and O–H groups in total. The van der Waals surface area contributed by atoms with Gasteiger partial charge in [0.25, 0.3) is 5.56 Å². The van der Waals surface area contributed by atoms with E-state index in [9.17, 15) is 14.4 Å². The molecule has 0 aliphatic carbocycles. The number of rotatable bonds is 5. The first-order chi connectivity index (χ1) is 14.4. The zero-order valence-corrected chi connectivity index (χ0v) is 16.9. The molecule has 4 rings (SSSR count). The molecule has 0 atom stereocenters. The lowest BCUT2D eigenvalue weighted by Gasteiger charge is -2.09. The molecule has 10 heteroatoms. The van der Waals surface area contributed by atoms with E-state index in [0.29, 0.717) is 27.5 Å². The second kappa shape index (κ2) is 7.91. The highest BCUT2D eigenvalue weighted by Crippen LogP contribution is 2.29. The molecule has 4 aromatic rings. The number of carbonyl (C=O) groups is 2. The Morgan fingerprint density at radius 1 is 1.13 bits per heavy atom. The van der Waals surface area contributed by atoms with Gasteiger partial charge in [0.2, 0.25) is 11.8 Å². The number of aryl methyl sites for hydroxylation is 1. The van der Waals surface area contributed by atoms with Crippen LogP contribution in [0.2, 0.25) is 0 Å². The number of aromatic nitrogens is 3. The summed E-state index contributed by atoms with van der Waals surface area (Å²) in [4.78, 5) is 40.7. The first-order valence-corrected chi connectivity index (χ1v) is 9.82. The topological polar surface area (TPSA) is 119 Å². The number of hydrogen-bond acceptors (Lipinski definition) is 7. The monoisotopic (exact) mass is 423 g/mol. The molecule has 0 aliphatic rings. The number of thiazole rings is 1. The van der Waals surface area contributed by atoms with Gasteiger partial charge in [-0.3, -0.25) is 14.4 Å². The summed E-state index contributed by atoms with van der Waals surface area (Å²) >= 11 is 1.35. The van der Waals surface area contributed by atoms with Crippen molar-refractivity contribution in [2.24, 2.45) is 0 Å². The first kappa shape index (κ1) is 19.5. The first-order valence-electron chi connectivity index (χ1n) is 9.00. The Labute approximate surface area is 174 Å². The lowest BCUT2D eigenvalue weighted by atomic mass is 10.2. The Morgan fingerprint density at radius 2 is 1.83 bits per heavy atom. The Balaban J connectivity index is 1.60. The van der Waals surface area contributed by atoms with Crippen molar-refractivity contribution < 1.29 is 14.0 Å². The van der Waals surface area contributed by atoms with E-state index < -0.39 is 11.5 Å². The van der Waals surface area contributed by atoms with Gasteiger partial charge in [0.05, 0.1) is 16.0 Å². The maximum Gasteiger partial charge on any atom is 0.294 e. The zero-order chi connectivity index (χ0) is 21.3. The van der Waals surface area contributed by atoms with E-state index in [2.05, 4.69) is 20.7 Å². The molecule has 9 nitrogen and oxygen atoms in total. The van der Waals surface area contributed by atoms with Crippen LogP contribution in [0.15, 0.2) is 51.9 Å². The molecular formula is C20H17N5O4S. The van der Waals surface area contributed by atoms with E-state index in [4.69, 9.17) is 4.42 Å². The third kappa shape index (κ3) is 3.98. The van der Waals surface area contributed by atoms with Crippen molar-refractivity contribution >= 4 is 44.7 Å². The fourth-order valence-corrected chi connectivity index (χ4v) is 3.82. The summed E-state index contributed by atoms with van der Waals surface area (Å²) in [5.74, 6) is -0.114.